The molecule has 0 aliphatic carbocycles. The van der Waals surface area contributed by atoms with Gasteiger partial charge in [-0.15, -0.1) is 0 Å². The van der Waals surface area contributed by atoms with Gasteiger partial charge in [0.15, 0.2) is 0 Å². The fourth-order valence-corrected chi connectivity index (χ4v) is 1.68. The number of nitrogens with two attached hydrogens (primary N) is 1. The Hall–Kier alpha value is -1.84. The first kappa shape index (κ1) is 10.7. The molecule has 0 amide bonds. The highest BCUT2D eigenvalue weighted by molar-refractivity contribution is 5.29. The van der Waals surface area contributed by atoms with E-state index < -0.39 is 0 Å². The molecule has 16 heavy (non-hydrogen) atoms. The Morgan fingerprint density at radius 3 is 2.56 bits per heavy atom. The lowest BCUT2D eigenvalue weighted by molar-refractivity contribution is 0.647. The average molecular weight is 216 g/mol. The van der Waals surface area contributed by atoms with Crippen molar-refractivity contribution in [1.29, 1.82) is 0 Å². The van der Waals surface area contributed by atoms with Crippen molar-refractivity contribution in [2.45, 2.75) is 27.3 Å². The van der Waals surface area contributed by atoms with E-state index in [1.54, 1.807) is 6.07 Å². The third-order valence-electron chi connectivity index (χ3n) is 2.88. The van der Waals surface area contributed by atoms with Gasteiger partial charge in [-0.1, -0.05) is 6.07 Å². The van der Waals surface area contributed by atoms with Crippen LogP contribution in [0.15, 0.2) is 18.2 Å². The van der Waals surface area contributed by atoms with Crippen LogP contribution >= 0.6 is 0 Å². The Bertz CT molecular complexity index is 514. The third-order valence-corrected chi connectivity index (χ3v) is 2.88. The van der Waals surface area contributed by atoms with Gasteiger partial charge in [0.25, 0.3) is 0 Å². The van der Waals surface area contributed by atoms with Gasteiger partial charge in [0.2, 0.25) is 0 Å². The molecule has 0 bridgehead atoms. The lowest BCUT2D eigenvalue weighted by atomic mass is 10.2. The van der Waals surface area contributed by atoms with Crippen molar-refractivity contribution in [2.75, 3.05) is 5.73 Å². The van der Waals surface area contributed by atoms with Crippen molar-refractivity contribution in [2.24, 2.45) is 0 Å². The summed E-state index contributed by atoms with van der Waals surface area (Å²) in [4.78, 5) is 4.27. The van der Waals surface area contributed by atoms with Crippen molar-refractivity contribution in [3.63, 3.8) is 0 Å². The normalized spacial score (nSPS) is 10.7. The maximum atomic E-state index is 5.64. The van der Waals surface area contributed by atoms with Crippen LogP contribution in [0, 0.1) is 20.8 Å². The van der Waals surface area contributed by atoms with Crippen molar-refractivity contribution < 1.29 is 0 Å². The molecule has 2 heterocycles. The highest BCUT2D eigenvalue weighted by atomic mass is 15.3. The molecule has 0 aliphatic rings. The molecule has 2 aromatic heterocycles. The maximum absolute atomic E-state index is 5.64. The summed E-state index contributed by atoms with van der Waals surface area (Å²) in [6.45, 7) is 6.85. The molecule has 0 saturated heterocycles. The molecule has 84 valence electrons. The number of nitrogens with zero attached hydrogens (tertiary/aromatic N) is 3. The van der Waals surface area contributed by atoms with Crippen molar-refractivity contribution in [3.05, 3.63) is 40.8 Å². The second kappa shape index (κ2) is 3.96. The van der Waals surface area contributed by atoms with Crippen LogP contribution in [0.3, 0.4) is 0 Å². The standard InChI is InChI=1S/C12H16N4/c1-8-9(2)15-16(10(8)3)7-11-5-4-6-12(13)14-11/h4-6H,7H2,1-3H3,(H2,13,14). The Balaban J connectivity index is 2.30. The highest BCUT2D eigenvalue weighted by Gasteiger charge is 2.07. The second-order valence-electron chi connectivity index (χ2n) is 4.01. The molecule has 2 aromatic rings. The van der Waals surface area contributed by atoms with Gasteiger partial charge >= 0.3 is 0 Å². The van der Waals surface area contributed by atoms with Gasteiger partial charge < -0.3 is 5.73 Å². The first-order valence-corrected chi connectivity index (χ1v) is 5.30. The summed E-state index contributed by atoms with van der Waals surface area (Å²) in [6, 6.07) is 5.66. The van der Waals surface area contributed by atoms with Gasteiger partial charge in [0, 0.05) is 5.69 Å². The van der Waals surface area contributed by atoms with Crippen LogP contribution in [0.5, 0.6) is 0 Å². The molecule has 4 heteroatoms. The topological polar surface area (TPSA) is 56.7 Å². The fourth-order valence-electron chi connectivity index (χ4n) is 1.68. The van der Waals surface area contributed by atoms with Gasteiger partial charge in [-0.05, 0) is 38.5 Å². The number of anilines is 1. The lowest BCUT2D eigenvalue weighted by Crippen LogP contribution is -2.06. The Morgan fingerprint density at radius 1 is 1.25 bits per heavy atom. The van der Waals surface area contributed by atoms with E-state index in [4.69, 9.17) is 5.73 Å². The summed E-state index contributed by atoms with van der Waals surface area (Å²) >= 11 is 0. The molecular formula is C12H16N4. The number of aromatic nitrogens is 3. The Kier molecular flexibility index (Phi) is 2.64. The van der Waals surface area contributed by atoms with E-state index in [1.165, 1.54) is 11.3 Å². The van der Waals surface area contributed by atoms with Crippen LogP contribution in [-0.4, -0.2) is 14.8 Å². The van der Waals surface area contributed by atoms with Crippen LogP contribution in [0.2, 0.25) is 0 Å². The first-order valence-electron chi connectivity index (χ1n) is 5.30. The monoisotopic (exact) mass is 216 g/mol. The number of hydrogen-bond donors (Lipinski definition) is 1. The minimum Gasteiger partial charge on any atom is -0.384 e. The smallest absolute Gasteiger partial charge is 0.123 e. The number of pyridine rings is 1. The van der Waals surface area contributed by atoms with Crippen molar-refractivity contribution >= 4 is 5.82 Å². The summed E-state index contributed by atoms with van der Waals surface area (Å²) in [6.07, 6.45) is 0. The average Bonchev–Trinajstić information content (AvgIpc) is 2.47. The molecular weight excluding hydrogens is 200 g/mol. The quantitative estimate of drug-likeness (QED) is 0.833. The molecule has 0 radical (unpaired) electrons. The van der Waals surface area contributed by atoms with Gasteiger partial charge in [0.1, 0.15) is 5.82 Å². The third kappa shape index (κ3) is 1.91. The van der Waals surface area contributed by atoms with Gasteiger partial charge in [0.05, 0.1) is 17.9 Å². The molecule has 0 fully saturated rings. The zero-order valence-electron chi connectivity index (χ0n) is 9.86. The minimum atomic E-state index is 0.552. The maximum Gasteiger partial charge on any atom is 0.123 e. The summed E-state index contributed by atoms with van der Waals surface area (Å²) in [5.74, 6) is 0.552. The fraction of sp³-hybridized carbons (Fsp3) is 0.333. The predicted octanol–water partition coefficient (Wildman–Crippen LogP) is 1.83. The van der Waals surface area contributed by atoms with E-state index in [1.807, 2.05) is 23.7 Å². The number of nitrogen functional groups attached to an aromatic ring is 1. The number of aryl methyl sites for hydroxylation is 1. The van der Waals surface area contributed by atoms with E-state index in [-0.39, 0.29) is 0 Å². The predicted molar refractivity (Wildman–Crippen MR) is 64.2 cm³/mol. The molecule has 0 aromatic carbocycles. The molecule has 0 saturated carbocycles. The van der Waals surface area contributed by atoms with Crippen molar-refractivity contribution in [1.82, 2.24) is 14.8 Å². The van der Waals surface area contributed by atoms with E-state index in [9.17, 15) is 0 Å². The molecule has 0 atom stereocenters. The summed E-state index contributed by atoms with van der Waals surface area (Å²) in [5.41, 5.74) is 10.1. The van der Waals surface area contributed by atoms with E-state index in [0.717, 1.165) is 11.4 Å². The van der Waals surface area contributed by atoms with Crippen LogP contribution in [0.25, 0.3) is 0 Å². The lowest BCUT2D eigenvalue weighted by Gasteiger charge is -2.04. The molecule has 0 aliphatic heterocycles. The molecule has 0 spiro atoms. The van der Waals surface area contributed by atoms with E-state index in [0.29, 0.717) is 12.4 Å². The Morgan fingerprint density at radius 2 is 2.00 bits per heavy atom. The van der Waals surface area contributed by atoms with Crippen LogP contribution < -0.4 is 5.73 Å². The molecule has 2 N–H and O–H groups in total. The van der Waals surface area contributed by atoms with Crippen molar-refractivity contribution in [3.8, 4) is 0 Å². The van der Waals surface area contributed by atoms with Crippen LogP contribution in [-0.2, 0) is 6.54 Å². The highest BCUT2D eigenvalue weighted by Crippen LogP contribution is 2.12. The summed E-state index contributed by atoms with van der Waals surface area (Å²) in [5, 5.41) is 4.47. The minimum absolute atomic E-state index is 0.552. The number of rotatable bonds is 2. The van der Waals surface area contributed by atoms with Crippen LogP contribution in [0.4, 0.5) is 5.82 Å². The summed E-state index contributed by atoms with van der Waals surface area (Å²) < 4.78 is 1.96. The van der Waals surface area contributed by atoms with Gasteiger partial charge in [-0.2, -0.15) is 5.10 Å². The second-order valence-corrected chi connectivity index (χ2v) is 4.01. The summed E-state index contributed by atoms with van der Waals surface area (Å²) in [7, 11) is 0. The zero-order chi connectivity index (χ0) is 11.7. The largest absolute Gasteiger partial charge is 0.384 e. The molecule has 0 unspecified atom stereocenters. The first-order chi connectivity index (χ1) is 7.58. The van der Waals surface area contributed by atoms with Crippen LogP contribution in [0.1, 0.15) is 22.6 Å². The van der Waals surface area contributed by atoms with Gasteiger partial charge in [-0.3, -0.25) is 4.68 Å². The Labute approximate surface area is 95.1 Å². The molecule has 2 rings (SSSR count). The van der Waals surface area contributed by atoms with Gasteiger partial charge in [-0.25, -0.2) is 4.98 Å². The van der Waals surface area contributed by atoms with E-state index in [2.05, 4.69) is 23.9 Å². The SMILES string of the molecule is Cc1nn(Cc2cccc(N)n2)c(C)c1C. The number of hydrogen-bond acceptors (Lipinski definition) is 3. The zero-order valence-corrected chi connectivity index (χ0v) is 9.86. The van der Waals surface area contributed by atoms with E-state index >= 15 is 0 Å². The molecule has 4 nitrogen and oxygen atoms in total.